The zero-order valence-electron chi connectivity index (χ0n) is 14.6. The summed E-state index contributed by atoms with van der Waals surface area (Å²) in [6.07, 6.45) is 6.70. The normalized spacial score (nSPS) is 16.6. The van der Waals surface area contributed by atoms with Crippen LogP contribution in [-0.2, 0) is 4.79 Å². The number of anilines is 1. The van der Waals surface area contributed by atoms with E-state index in [1.807, 2.05) is 6.92 Å². The van der Waals surface area contributed by atoms with Crippen molar-refractivity contribution in [3.8, 4) is 0 Å². The number of hydrazone groups is 1. The maximum Gasteiger partial charge on any atom is 0.269 e. The molecule has 0 saturated carbocycles. The van der Waals surface area contributed by atoms with Gasteiger partial charge in [0.1, 0.15) is 5.82 Å². The largest absolute Gasteiger partial charge is 0.384 e. The van der Waals surface area contributed by atoms with Crippen LogP contribution in [0.2, 0.25) is 0 Å². The third kappa shape index (κ3) is 4.00. The van der Waals surface area contributed by atoms with E-state index in [1.54, 1.807) is 6.08 Å². The summed E-state index contributed by atoms with van der Waals surface area (Å²) >= 11 is 0. The summed E-state index contributed by atoms with van der Waals surface area (Å²) in [6.45, 7) is 2.39. The molecule has 1 aliphatic heterocycles. The van der Waals surface area contributed by atoms with Gasteiger partial charge in [-0.3, -0.25) is 14.9 Å². The van der Waals surface area contributed by atoms with Crippen LogP contribution in [0.3, 0.4) is 0 Å². The molecular weight excluding hydrogens is 351 g/mol. The molecule has 0 aromatic heterocycles. The van der Waals surface area contributed by atoms with Gasteiger partial charge in [-0.2, -0.15) is 5.10 Å². The molecule has 2 aliphatic rings. The minimum absolute atomic E-state index is 0.0487. The lowest BCUT2D eigenvalue weighted by Gasteiger charge is -2.25. The monoisotopic (exact) mass is 368 g/mol. The van der Waals surface area contributed by atoms with Crippen molar-refractivity contribution in [2.45, 2.75) is 13.3 Å². The van der Waals surface area contributed by atoms with Crippen molar-refractivity contribution in [3.05, 3.63) is 86.7 Å². The van der Waals surface area contributed by atoms with E-state index in [0.717, 1.165) is 17.5 Å². The molecule has 0 atom stereocenters. The van der Waals surface area contributed by atoms with Crippen LogP contribution in [0.1, 0.15) is 13.3 Å². The van der Waals surface area contributed by atoms with Crippen LogP contribution in [0.25, 0.3) is 0 Å². The number of aldehydes is 1. The number of fused-ring (bicyclic) bond motifs is 2. The SMILES string of the molecule is CC1=C(N(/N=C/C=O)c2ccc(F)cc2)C2=CC([N+](=O)[O-])=CC=C(C2)NC1. The highest BCUT2D eigenvalue weighted by Crippen LogP contribution is 2.33. The number of hydrogen-bond donors (Lipinski definition) is 1. The molecule has 8 heteroatoms. The summed E-state index contributed by atoms with van der Waals surface area (Å²) in [5.41, 5.74) is 3.51. The van der Waals surface area contributed by atoms with Crippen LogP contribution < -0.4 is 10.3 Å². The summed E-state index contributed by atoms with van der Waals surface area (Å²) in [4.78, 5) is 21.7. The zero-order valence-corrected chi connectivity index (χ0v) is 14.6. The Morgan fingerprint density at radius 1 is 1.30 bits per heavy atom. The Morgan fingerprint density at radius 2 is 2.04 bits per heavy atom. The number of allylic oxidation sites excluding steroid dienone is 5. The minimum atomic E-state index is -0.453. The predicted octanol–water partition coefficient (Wildman–Crippen LogP) is 3.07. The van der Waals surface area contributed by atoms with E-state index in [1.165, 1.54) is 41.4 Å². The summed E-state index contributed by atoms with van der Waals surface area (Å²) in [7, 11) is 0. The third-order valence-corrected chi connectivity index (χ3v) is 4.18. The van der Waals surface area contributed by atoms with Crippen molar-refractivity contribution >= 4 is 18.2 Å². The molecule has 0 saturated heterocycles. The number of benzene rings is 1. The van der Waals surface area contributed by atoms with E-state index in [2.05, 4.69) is 10.4 Å². The Balaban J connectivity index is 2.16. The minimum Gasteiger partial charge on any atom is -0.384 e. The van der Waals surface area contributed by atoms with Gasteiger partial charge in [0.25, 0.3) is 5.70 Å². The summed E-state index contributed by atoms with van der Waals surface area (Å²) < 4.78 is 13.3. The molecular formula is C19H17FN4O3. The maximum atomic E-state index is 13.3. The Labute approximate surface area is 155 Å². The van der Waals surface area contributed by atoms with Crippen LogP contribution in [0, 0.1) is 15.9 Å². The Kier molecular flexibility index (Phi) is 5.25. The van der Waals surface area contributed by atoms with E-state index < -0.39 is 10.7 Å². The molecule has 0 unspecified atom stereocenters. The molecule has 0 amide bonds. The first kappa shape index (κ1) is 18.2. The van der Waals surface area contributed by atoms with Gasteiger partial charge >= 0.3 is 0 Å². The lowest BCUT2D eigenvalue weighted by atomic mass is 10.0. The molecule has 1 N–H and O–H groups in total. The quantitative estimate of drug-likeness (QED) is 0.373. The first-order valence-electron chi connectivity index (χ1n) is 8.23. The van der Waals surface area contributed by atoms with Gasteiger partial charge < -0.3 is 5.32 Å². The van der Waals surface area contributed by atoms with Crippen molar-refractivity contribution in [2.75, 3.05) is 11.6 Å². The molecule has 138 valence electrons. The predicted molar refractivity (Wildman–Crippen MR) is 100.0 cm³/mol. The zero-order chi connectivity index (χ0) is 19.4. The number of hydrogen-bond acceptors (Lipinski definition) is 6. The second kappa shape index (κ2) is 7.77. The first-order chi connectivity index (χ1) is 13.0. The van der Waals surface area contributed by atoms with Crippen LogP contribution >= 0.6 is 0 Å². The van der Waals surface area contributed by atoms with Crippen LogP contribution in [0.5, 0.6) is 0 Å². The third-order valence-electron chi connectivity index (χ3n) is 4.18. The molecule has 1 heterocycles. The molecule has 2 bridgehead atoms. The Morgan fingerprint density at radius 3 is 2.70 bits per heavy atom. The Bertz CT molecular complexity index is 927. The lowest BCUT2D eigenvalue weighted by molar-refractivity contribution is -0.419. The van der Waals surface area contributed by atoms with Gasteiger partial charge in [0.2, 0.25) is 0 Å². The number of halogens is 1. The van der Waals surface area contributed by atoms with Gasteiger partial charge in [-0.05, 0) is 48.4 Å². The number of carbonyl (C=O) groups is 1. The fraction of sp³-hybridized carbons (Fsp3) is 0.158. The fourth-order valence-electron chi connectivity index (χ4n) is 2.97. The maximum absolute atomic E-state index is 13.3. The van der Waals surface area contributed by atoms with E-state index in [9.17, 15) is 19.3 Å². The van der Waals surface area contributed by atoms with Crippen LogP contribution in [-0.4, -0.2) is 24.0 Å². The van der Waals surface area contributed by atoms with Crippen LogP contribution in [0.15, 0.2) is 75.8 Å². The number of rotatable bonds is 5. The van der Waals surface area contributed by atoms with Gasteiger partial charge in [-0.25, -0.2) is 9.40 Å². The van der Waals surface area contributed by atoms with Crippen molar-refractivity contribution < 1.29 is 14.1 Å². The lowest BCUT2D eigenvalue weighted by Crippen LogP contribution is -2.21. The number of nitrogens with one attached hydrogen (secondary N) is 1. The Hall–Kier alpha value is -3.55. The van der Waals surface area contributed by atoms with Crippen molar-refractivity contribution in [3.63, 3.8) is 0 Å². The molecule has 27 heavy (non-hydrogen) atoms. The number of carbonyl (C=O) groups excluding carboxylic acids is 1. The second-order valence-corrected chi connectivity index (χ2v) is 6.06. The van der Waals surface area contributed by atoms with Gasteiger partial charge in [-0.1, -0.05) is 0 Å². The highest BCUT2D eigenvalue weighted by Gasteiger charge is 2.25. The van der Waals surface area contributed by atoms with E-state index in [4.69, 9.17) is 0 Å². The molecule has 0 spiro atoms. The van der Waals surface area contributed by atoms with Gasteiger partial charge in [-0.15, -0.1) is 0 Å². The van der Waals surface area contributed by atoms with Gasteiger partial charge in [0.15, 0.2) is 6.29 Å². The molecule has 1 aromatic rings. The number of nitrogens with zero attached hydrogens (tertiary/aromatic N) is 3. The van der Waals surface area contributed by atoms with E-state index in [0.29, 0.717) is 36.2 Å². The summed E-state index contributed by atoms with van der Waals surface area (Å²) in [6, 6.07) is 5.65. The summed E-state index contributed by atoms with van der Waals surface area (Å²) in [5.74, 6) is -0.399. The highest BCUT2D eigenvalue weighted by atomic mass is 19.1. The first-order valence-corrected chi connectivity index (χ1v) is 8.23. The van der Waals surface area contributed by atoms with Crippen molar-refractivity contribution in [1.82, 2.24) is 5.32 Å². The highest BCUT2D eigenvalue weighted by molar-refractivity contribution is 6.13. The number of nitro groups is 1. The standard InChI is InChI=1S/C19H17FN4O3/c1-13-12-21-16-4-7-18(24(26)27)11-14(10-16)19(13)23(22-8-9-25)17-5-2-15(20)3-6-17/h2-9,11,21H,10,12H2,1H3/b22-8+. The van der Waals surface area contributed by atoms with E-state index in [-0.39, 0.29) is 5.70 Å². The molecule has 0 radical (unpaired) electrons. The average Bonchev–Trinajstić information content (AvgIpc) is 2.95. The second-order valence-electron chi connectivity index (χ2n) is 6.06. The molecule has 7 nitrogen and oxygen atoms in total. The van der Waals surface area contributed by atoms with Gasteiger partial charge in [0, 0.05) is 30.8 Å². The molecule has 3 rings (SSSR count). The van der Waals surface area contributed by atoms with Crippen LogP contribution in [0.4, 0.5) is 10.1 Å². The summed E-state index contributed by atoms with van der Waals surface area (Å²) in [5, 5.41) is 20.3. The smallest absolute Gasteiger partial charge is 0.269 e. The van der Waals surface area contributed by atoms with E-state index >= 15 is 0 Å². The molecule has 1 aromatic carbocycles. The van der Waals surface area contributed by atoms with Crippen molar-refractivity contribution in [2.24, 2.45) is 5.10 Å². The topological polar surface area (TPSA) is 87.8 Å². The fourth-order valence-corrected chi connectivity index (χ4v) is 2.97. The van der Waals surface area contributed by atoms with Crippen molar-refractivity contribution in [1.29, 1.82) is 0 Å². The molecule has 1 aliphatic carbocycles. The van der Waals surface area contributed by atoms with Gasteiger partial charge in [0.05, 0.1) is 22.5 Å². The molecule has 0 fully saturated rings. The average molecular weight is 368 g/mol.